The zero-order valence-corrected chi connectivity index (χ0v) is 12.9. The van der Waals surface area contributed by atoms with E-state index in [9.17, 15) is 5.11 Å². The lowest BCUT2D eigenvalue weighted by atomic mass is 9.99. The summed E-state index contributed by atoms with van der Waals surface area (Å²) in [4.78, 5) is 4.99. The van der Waals surface area contributed by atoms with Gasteiger partial charge in [0.2, 0.25) is 0 Å². The van der Waals surface area contributed by atoms with Crippen LogP contribution in [0.3, 0.4) is 0 Å². The minimum absolute atomic E-state index is 0.0988. The topological polar surface area (TPSA) is 26.7 Å². The van der Waals surface area contributed by atoms with E-state index < -0.39 is 0 Å². The highest BCUT2D eigenvalue weighted by Gasteiger charge is 2.41. The Morgan fingerprint density at radius 1 is 1.05 bits per heavy atom. The van der Waals surface area contributed by atoms with E-state index in [0.717, 1.165) is 25.1 Å². The molecule has 0 aromatic heterocycles. The van der Waals surface area contributed by atoms with Gasteiger partial charge >= 0.3 is 0 Å². The van der Waals surface area contributed by atoms with Crippen LogP contribution in [-0.2, 0) is 13.0 Å². The first kappa shape index (κ1) is 13.8. The fraction of sp³-hybridized carbons (Fsp3) is 0.368. The Morgan fingerprint density at radius 2 is 1.82 bits per heavy atom. The zero-order chi connectivity index (χ0) is 15.1. The Kier molecular flexibility index (Phi) is 3.40. The SMILES string of the molecule is CN1CCN(c2ccccc2CO)[C@H]2c3ccccc3C[C@@H]21. The molecule has 2 aliphatic rings. The summed E-state index contributed by atoms with van der Waals surface area (Å²) in [6.07, 6.45) is 1.12. The molecule has 2 aromatic carbocycles. The van der Waals surface area contributed by atoms with Crippen LogP contribution in [-0.4, -0.2) is 36.2 Å². The smallest absolute Gasteiger partial charge is 0.0704 e. The van der Waals surface area contributed by atoms with Gasteiger partial charge in [-0.2, -0.15) is 0 Å². The number of nitrogens with zero attached hydrogens (tertiary/aromatic N) is 2. The summed E-state index contributed by atoms with van der Waals surface area (Å²) >= 11 is 0. The second-order valence-electron chi connectivity index (χ2n) is 6.38. The van der Waals surface area contributed by atoms with Crippen molar-refractivity contribution in [3.05, 3.63) is 65.2 Å². The number of rotatable bonds is 2. The van der Waals surface area contributed by atoms with Crippen LogP contribution in [0.2, 0.25) is 0 Å². The molecule has 0 spiro atoms. The first-order valence-corrected chi connectivity index (χ1v) is 8.03. The molecule has 3 heteroatoms. The number of hydrogen-bond donors (Lipinski definition) is 1. The highest BCUT2D eigenvalue weighted by Crippen LogP contribution is 2.43. The molecule has 2 aromatic rings. The number of piperazine rings is 1. The summed E-state index contributed by atoms with van der Waals surface area (Å²) in [5, 5.41) is 9.70. The highest BCUT2D eigenvalue weighted by atomic mass is 16.3. The van der Waals surface area contributed by atoms with Crippen molar-refractivity contribution in [2.45, 2.75) is 25.1 Å². The Labute approximate surface area is 131 Å². The molecule has 0 saturated carbocycles. The number of aliphatic hydroxyl groups is 1. The molecule has 0 radical (unpaired) electrons. The largest absolute Gasteiger partial charge is 0.392 e. The van der Waals surface area contributed by atoms with Crippen molar-refractivity contribution < 1.29 is 5.11 Å². The van der Waals surface area contributed by atoms with Crippen molar-refractivity contribution in [3.8, 4) is 0 Å². The number of aliphatic hydroxyl groups excluding tert-OH is 1. The van der Waals surface area contributed by atoms with E-state index in [1.165, 1.54) is 16.8 Å². The fourth-order valence-electron chi connectivity index (χ4n) is 4.09. The van der Waals surface area contributed by atoms with E-state index in [-0.39, 0.29) is 6.61 Å². The Balaban J connectivity index is 1.80. The first-order chi connectivity index (χ1) is 10.8. The van der Waals surface area contributed by atoms with Gasteiger partial charge in [0.05, 0.1) is 12.6 Å². The lowest BCUT2D eigenvalue weighted by Crippen LogP contribution is -2.52. The summed E-state index contributed by atoms with van der Waals surface area (Å²) in [6, 6.07) is 18.0. The molecule has 0 amide bonds. The van der Waals surface area contributed by atoms with E-state index in [1.807, 2.05) is 12.1 Å². The zero-order valence-electron chi connectivity index (χ0n) is 12.9. The van der Waals surface area contributed by atoms with Gasteiger partial charge in [0, 0.05) is 30.4 Å². The average Bonchev–Trinajstić information content (AvgIpc) is 2.96. The van der Waals surface area contributed by atoms with Gasteiger partial charge in [-0.15, -0.1) is 0 Å². The third kappa shape index (κ3) is 2.04. The maximum Gasteiger partial charge on any atom is 0.0704 e. The lowest BCUT2D eigenvalue weighted by molar-refractivity contribution is 0.186. The molecule has 22 heavy (non-hydrogen) atoms. The van der Waals surface area contributed by atoms with Gasteiger partial charge in [-0.3, -0.25) is 4.90 Å². The molecule has 1 N–H and O–H groups in total. The number of hydrogen-bond acceptors (Lipinski definition) is 3. The van der Waals surface area contributed by atoms with Crippen molar-refractivity contribution in [1.82, 2.24) is 4.90 Å². The maximum atomic E-state index is 9.70. The van der Waals surface area contributed by atoms with E-state index in [0.29, 0.717) is 12.1 Å². The van der Waals surface area contributed by atoms with Crippen molar-refractivity contribution in [3.63, 3.8) is 0 Å². The molecule has 1 heterocycles. The van der Waals surface area contributed by atoms with Gasteiger partial charge in [0.25, 0.3) is 0 Å². The highest BCUT2D eigenvalue weighted by molar-refractivity contribution is 5.58. The number of likely N-dealkylation sites (N-methyl/N-ethyl adjacent to an activating group) is 1. The Morgan fingerprint density at radius 3 is 2.68 bits per heavy atom. The molecular formula is C19H22N2O. The van der Waals surface area contributed by atoms with E-state index in [1.54, 1.807) is 0 Å². The molecule has 1 saturated heterocycles. The van der Waals surface area contributed by atoms with Gasteiger partial charge in [-0.05, 0) is 30.7 Å². The van der Waals surface area contributed by atoms with Crippen LogP contribution >= 0.6 is 0 Å². The minimum atomic E-state index is 0.0988. The van der Waals surface area contributed by atoms with Crippen molar-refractivity contribution >= 4 is 5.69 Å². The molecule has 3 nitrogen and oxygen atoms in total. The molecule has 2 atom stereocenters. The summed E-state index contributed by atoms with van der Waals surface area (Å²) in [5.74, 6) is 0. The van der Waals surface area contributed by atoms with Crippen LogP contribution in [0.15, 0.2) is 48.5 Å². The van der Waals surface area contributed by atoms with Crippen molar-refractivity contribution in [1.29, 1.82) is 0 Å². The van der Waals surface area contributed by atoms with E-state index in [2.05, 4.69) is 53.2 Å². The second kappa shape index (κ2) is 5.41. The van der Waals surface area contributed by atoms with Crippen LogP contribution in [0, 0.1) is 0 Å². The summed E-state index contributed by atoms with van der Waals surface area (Å²) in [6.45, 7) is 2.17. The Bertz CT molecular complexity index is 685. The van der Waals surface area contributed by atoms with Crippen molar-refractivity contribution in [2.24, 2.45) is 0 Å². The molecule has 0 bridgehead atoms. The molecule has 4 rings (SSSR count). The predicted octanol–water partition coefficient (Wildman–Crippen LogP) is 2.60. The standard InChI is InChI=1S/C19H22N2O/c1-20-10-11-21(17-9-5-3-7-15(17)13-22)19-16-8-4-2-6-14(16)12-18(19)20/h2-9,18-19,22H,10-13H2,1H3/t18-,19-/m0/s1. The molecule has 1 aliphatic carbocycles. The second-order valence-corrected chi connectivity index (χ2v) is 6.38. The molecule has 0 unspecified atom stereocenters. The maximum absolute atomic E-state index is 9.70. The normalized spacial score (nSPS) is 24.2. The molecule has 114 valence electrons. The van der Waals surface area contributed by atoms with Crippen LogP contribution in [0.1, 0.15) is 22.7 Å². The van der Waals surface area contributed by atoms with Gasteiger partial charge < -0.3 is 10.0 Å². The minimum Gasteiger partial charge on any atom is -0.392 e. The molecule has 1 aliphatic heterocycles. The van der Waals surface area contributed by atoms with Gasteiger partial charge in [0.15, 0.2) is 0 Å². The Hall–Kier alpha value is -1.84. The number of para-hydroxylation sites is 1. The molecule has 1 fully saturated rings. The monoisotopic (exact) mass is 294 g/mol. The van der Waals surface area contributed by atoms with Gasteiger partial charge in [-0.25, -0.2) is 0 Å². The number of fused-ring (bicyclic) bond motifs is 3. The third-order valence-electron chi connectivity index (χ3n) is 5.23. The van der Waals surface area contributed by atoms with Crippen LogP contribution < -0.4 is 4.90 Å². The first-order valence-electron chi connectivity index (χ1n) is 8.03. The molecular weight excluding hydrogens is 272 g/mol. The average molecular weight is 294 g/mol. The van der Waals surface area contributed by atoms with E-state index in [4.69, 9.17) is 0 Å². The van der Waals surface area contributed by atoms with Crippen molar-refractivity contribution in [2.75, 3.05) is 25.0 Å². The van der Waals surface area contributed by atoms with Gasteiger partial charge in [0.1, 0.15) is 0 Å². The van der Waals surface area contributed by atoms with E-state index >= 15 is 0 Å². The number of anilines is 1. The van der Waals surface area contributed by atoms with Crippen LogP contribution in [0.5, 0.6) is 0 Å². The summed E-state index contributed by atoms with van der Waals surface area (Å²) in [7, 11) is 2.23. The number of benzene rings is 2. The van der Waals surface area contributed by atoms with Crippen LogP contribution in [0.25, 0.3) is 0 Å². The summed E-state index contributed by atoms with van der Waals surface area (Å²) < 4.78 is 0. The lowest BCUT2D eigenvalue weighted by Gasteiger charge is -2.45. The predicted molar refractivity (Wildman–Crippen MR) is 89.0 cm³/mol. The third-order valence-corrected chi connectivity index (χ3v) is 5.23. The van der Waals surface area contributed by atoms with Crippen LogP contribution in [0.4, 0.5) is 5.69 Å². The summed E-state index contributed by atoms with van der Waals surface area (Å²) in [5.41, 5.74) is 5.13. The van der Waals surface area contributed by atoms with Gasteiger partial charge in [-0.1, -0.05) is 42.5 Å². The quantitative estimate of drug-likeness (QED) is 0.922. The fourth-order valence-corrected chi connectivity index (χ4v) is 4.09.